The van der Waals surface area contributed by atoms with Crippen LogP contribution in [0.1, 0.15) is 20.8 Å². The first kappa shape index (κ1) is 10.9. The first-order valence-corrected chi connectivity index (χ1v) is 4.54. The van der Waals surface area contributed by atoms with Gasteiger partial charge in [0.2, 0.25) is 5.88 Å². The lowest BCUT2D eigenvalue weighted by Crippen LogP contribution is -2.33. The summed E-state index contributed by atoms with van der Waals surface area (Å²) in [5.41, 5.74) is 6.36. The highest BCUT2D eigenvalue weighted by Gasteiger charge is 2.14. The molecule has 0 saturated carbocycles. The summed E-state index contributed by atoms with van der Waals surface area (Å²) in [5, 5.41) is 0. The van der Waals surface area contributed by atoms with Gasteiger partial charge >= 0.3 is 0 Å². The highest BCUT2D eigenvalue weighted by atomic mass is 16.5. The van der Waals surface area contributed by atoms with Crippen LogP contribution in [0.5, 0.6) is 0 Å². The van der Waals surface area contributed by atoms with Crippen LogP contribution in [0.15, 0.2) is 17.5 Å². The molecule has 1 aliphatic heterocycles. The van der Waals surface area contributed by atoms with E-state index in [1.165, 1.54) is 0 Å². The van der Waals surface area contributed by atoms with E-state index in [2.05, 4.69) is 17.1 Å². The molecule has 1 radical (unpaired) electrons. The molecule has 1 aliphatic rings. The third-order valence-corrected chi connectivity index (χ3v) is 1.65. The second-order valence-corrected chi connectivity index (χ2v) is 4.00. The number of hydrazine groups is 1. The van der Waals surface area contributed by atoms with E-state index in [-0.39, 0.29) is 5.60 Å². The van der Waals surface area contributed by atoms with Gasteiger partial charge in [0, 0.05) is 5.57 Å². The van der Waals surface area contributed by atoms with Crippen molar-refractivity contribution in [1.29, 1.82) is 0 Å². The molecule has 0 unspecified atom stereocenters. The Morgan fingerprint density at radius 2 is 2.14 bits per heavy atom. The van der Waals surface area contributed by atoms with Crippen LogP contribution in [-0.4, -0.2) is 19.3 Å². The maximum absolute atomic E-state index is 5.62. The van der Waals surface area contributed by atoms with Crippen molar-refractivity contribution in [2.45, 2.75) is 26.4 Å². The fourth-order valence-corrected chi connectivity index (χ4v) is 0.945. The summed E-state index contributed by atoms with van der Waals surface area (Å²) >= 11 is 0. The van der Waals surface area contributed by atoms with Crippen molar-refractivity contribution in [3.8, 4) is 0 Å². The zero-order valence-electron chi connectivity index (χ0n) is 9.10. The molecule has 2 N–H and O–H groups in total. The monoisotopic (exact) mass is 197 g/mol. The largest absolute Gasteiger partial charge is 0.481 e. The molecular weight excluding hydrogens is 180 g/mol. The number of rotatable bonds is 3. The van der Waals surface area contributed by atoms with Crippen LogP contribution < -0.4 is 10.9 Å². The number of hydrogen-bond donors (Lipinski definition) is 2. The summed E-state index contributed by atoms with van der Waals surface area (Å²) in [4.78, 5) is 0. The highest BCUT2D eigenvalue weighted by molar-refractivity contribution is 5.22. The van der Waals surface area contributed by atoms with Crippen LogP contribution in [-0.2, 0) is 9.47 Å². The molecule has 0 aliphatic carbocycles. The predicted octanol–water partition coefficient (Wildman–Crippen LogP) is 1.08. The predicted molar refractivity (Wildman–Crippen MR) is 53.8 cm³/mol. The minimum absolute atomic E-state index is 0.148. The van der Waals surface area contributed by atoms with Gasteiger partial charge in [-0.15, -0.1) is 0 Å². The zero-order chi connectivity index (χ0) is 10.6. The molecule has 1 heterocycles. The summed E-state index contributed by atoms with van der Waals surface area (Å²) in [5.74, 6) is 0.674. The quantitative estimate of drug-likeness (QED) is 0.710. The van der Waals surface area contributed by atoms with Crippen molar-refractivity contribution in [2.24, 2.45) is 0 Å². The van der Waals surface area contributed by atoms with Crippen LogP contribution >= 0.6 is 0 Å². The fraction of sp³-hybridized carbons (Fsp3) is 0.600. The topological polar surface area (TPSA) is 42.5 Å². The maximum atomic E-state index is 5.62. The fourth-order valence-electron chi connectivity index (χ4n) is 0.945. The van der Waals surface area contributed by atoms with Gasteiger partial charge < -0.3 is 9.47 Å². The van der Waals surface area contributed by atoms with E-state index in [0.29, 0.717) is 12.5 Å². The Hall–Kier alpha value is -1.16. The highest BCUT2D eigenvalue weighted by Crippen LogP contribution is 2.13. The first-order valence-electron chi connectivity index (χ1n) is 4.54. The molecule has 0 fully saturated rings. The molecule has 1 rings (SSSR count). The van der Waals surface area contributed by atoms with Crippen molar-refractivity contribution in [2.75, 3.05) is 13.7 Å². The van der Waals surface area contributed by atoms with Crippen molar-refractivity contribution >= 4 is 0 Å². The van der Waals surface area contributed by atoms with E-state index in [1.807, 2.05) is 20.8 Å². The summed E-state index contributed by atoms with van der Waals surface area (Å²) in [6.07, 6.45) is 4.64. The summed E-state index contributed by atoms with van der Waals surface area (Å²) in [6, 6.07) is 0. The molecule has 0 saturated heterocycles. The lowest BCUT2D eigenvalue weighted by atomic mass is 10.2. The number of hydrogen-bond acceptors (Lipinski definition) is 4. The maximum Gasteiger partial charge on any atom is 0.211 e. The van der Waals surface area contributed by atoms with Gasteiger partial charge in [0.15, 0.2) is 0 Å². The van der Waals surface area contributed by atoms with Crippen LogP contribution in [0.2, 0.25) is 0 Å². The molecule has 0 bridgehead atoms. The molecule has 0 aromatic heterocycles. The van der Waals surface area contributed by atoms with Crippen LogP contribution in [0.3, 0.4) is 0 Å². The van der Waals surface area contributed by atoms with Gasteiger partial charge in [0.25, 0.3) is 0 Å². The van der Waals surface area contributed by atoms with Gasteiger partial charge in [-0.05, 0) is 26.8 Å². The lowest BCUT2D eigenvalue weighted by Gasteiger charge is -2.22. The van der Waals surface area contributed by atoms with E-state index in [1.54, 1.807) is 13.2 Å². The Balaban J connectivity index is 2.57. The van der Waals surface area contributed by atoms with Crippen LogP contribution in [0.4, 0.5) is 0 Å². The summed E-state index contributed by atoms with van der Waals surface area (Å²) in [6.45, 7) is 6.56. The molecule has 4 heteroatoms. The molecule has 0 aromatic rings. The van der Waals surface area contributed by atoms with Crippen molar-refractivity contribution in [3.63, 3.8) is 0 Å². The van der Waals surface area contributed by atoms with Gasteiger partial charge in [-0.1, -0.05) is 0 Å². The van der Waals surface area contributed by atoms with Crippen LogP contribution in [0.25, 0.3) is 0 Å². The number of nitrogens with one attached hydrogen (secondary N) is 2. The molecule has 14 heavy (non-hydrogen) atoms. The van der Waals surface area contributed by atoms with Gasteiger partial charge in [-0.3, -0.25) is 10.9 Å². The molecule has 79 valence electrons. The van der Waals surface area contributed by atoms with E-state index in [0.717, 1.165) is 5.57 Å². The Bertz CT molecular complexity index is 251. The lowest BCUT2D eigenvalue weighted by molar-refractivity contribution is 0.0101. The Kier molecular flexibility index (Phi) is 3.41. The van der Waals surface area contributed by atoms with Crippen LogP contribution in [0, 0.1) is 6.20 Å². The second kappa shape index (κ2) is 4.37. The zero-order valence-corrected chi connectivity index (χ0v) is 9.10. The van der Waals surface area contributed by atoms with Gasteiger partial charge in [0.1, 0.15) is 0 Å². The third-order valence-electron chi connectivity index (χ3n) is 1.65. The molecule has 0 atom stereocenters. The molecule has 0 spiro atoms. The summed E-state index contributed by atoms with van der Waals surface area (Å²) < 4.78 is 10.7. The van der Waals surface area contributed by atoms with Gasteiger partial charge in [-0.25, -0.2) is 0 Å². The van der Waals surface area contributed by atoms with E-state index >= 15 is 0 Å². The molecule has 0 amide bonds. The van der Waals surface area contributed by atoms with E-state index in [4.69, 9.17) is 9.47 Å². The van der Waals surface area contributed by atoms with Gasteiger partial charge in [-0.2, -0.15) is 0 Å². The third kappa shape index (κ3) is 3.30. The van der Waals surface area contributed by atoms with Crippen molar-refractivity contribution < 1.29 is 9.47 Å². The number of ether oxygens (including phenoxy) is 2. The minimum atomic E-state index is -0.148. The van der Waals surface area contributed by atoms with Crippen molar-refractivity contribution in [3.05, 3.63) is 23.7 Å². The van der Waals surface area contributed by atoms with E-state index < -0.39 is 0 Å². The second-order valence-electron chi connectivity index (χ2n) is 4.00. The van der Waals surface area contributed by atoms with Crippen molar-refractivity contribution in [1.82, 2.24) is 10.9 Å². The Labute approximate surface area is 84.9 Å². The van der Waals surface area contributed by atoms with E-state index in [9.17, 15) is 0 Å². The first-order chi connectivity index (χ1) is 6.53. The summed E-state index contributed by atoms with van der Waals surface area (Å²) in [7, 11) is 1.61. The number of methoxy groups -OCH3 is 1. The standard InChI is InChI=1S/C10H17N2O2/c1-10(2,3)14-7-8-5-6-11-12-9(8)13-4/h5,11-12H,7H2,1-4H3. The molecule has 4 nitrogen and oxygen atoms in total. The Morgan fingerprint density at radius 1 is 1.43 bits per heavy atom. The van der Waals surface area contributed by atoms with Gasteiger partial charge in [0.05, 0.1) is 25.5 Å². The minimum Gasteiger partial charge on any atom is -0.481 e. The molecule has 0 aromatic carbocycles. The Morgan fingerprint density at radius 3 is 2.71 bits per heavy atom. The normalized spacial score (nSPS) is 16.3. The molecular formula is C10H17N2O2. The smallest absolute Gasteiger partial charge is 0.211 e. The average Bonchev–Trinajstić information content (AvgIpc) is 2.14. The average molecular weight is 197 g/mol. The SMILES string of the molecule is COC1=C(COC(C)(C)C)C=[C]NN1.